The van der Waals surface area contributed by atoms with Crippen LogP contribution in [0.15, 0.2) is 30.5 Å². The van der Waals surface area contributed by atoms with Gasteiger partial charge in [0, 0.05) is 11.9 Å². The van der Waals surface area contributed by atoms with Crippen molar-refractivity contribution in [2.45, 2.75) is 19.9 Å². The molecule has 3 N–H and O–H groups in total. The number of hydrogen-bond donors (Lipinski definition) is 2. The van der Waals surface area contributed by atoms with Crippen LogP contribution in [0.25, 0.3) is 0 Å². The number of rotatable bonds is 3. The highest BCUT2D eigenvalue weighted by molar-refractivity contribution is 5.93. The number of carbonyl (C=O) groups excluding carboxylic acids is 1. The Bertz CT molecular complexity index is 608. The van der Waals surface area contributed by atoms with E-state index in [4.69, 9.17) is 5.73 Å². The van der Waals surface area contributed by atoms with Crippen molar-refractivity contribution in [1.82, 2.24) is 9.78 Å². The summed E-state index contributed by atoms with van der Waals surface area (Å²) in [5.41, 5.74) is 6.74. The lowest BCUT2D eigenvalue weighted by molar-refractivity contribution is -0.119. The number of carbonyl (C=O) groups is 1. The molecule has 1 atom stereocenters. The van der Waals surface area contributed by atoms with Gasteiger partial charge in [0.25, 0.3) is 0 Å². The molecule has 0 saturated heterocycles. The van der Waals surface area contributed by atoms with E-state index in [1.807, 2.05) is 13.0 Å². The molecule has 0 fully saturated rings. The maximum absolute atomic E-state index is 13.0. The third-order valence-corrected chi connectivity index (χ3v) is 2.78. The Hall–Kier alpha value is -2.37. The van der Waals surface area contributed by atoms with Crippen molar-refractivity contribution in [3.63, 3.8) is 0 Å². The van der Waals surface area contributed by atoms with Gasteiger partial charge in [-0.15, -0.1) is 0 Å². The van der Waals surface area contributed by atoms with E-state index in [-0.39, 0.29) is 11.6 Å². The number of aromatic nitrogens is 2. The van der Waals surface area contributed by atoms with Gasteiger partial charge in [-0.1, -0.05) is 0 Å². The van der Waals surface area contributed by atoms with Crippen LogP contribution in [-0.4, -0.2) is 15.7 Å². The molecule has 1 aromatic heterocycles. The number of anilines is 2. The fourth-order valence-electron chi connectivity index (χ4n) is 1.64. The molecule has 0 saturated carbocycles. The summed E-state index contributed by atoms with van der Waals surface area (Å²) in [6.07, 6.45) is 1.73. The summed E-state index contributed by atoms with van der Waals surface area (Å²) in [7, 11) is 0. The zero-order chi connectivity index (χ0) is 14.0. The molecule has 0 radical (unpaired) electrons. The number of nitrogens with two attached hydrogens (primary N) is 1. The van der Waals surface area contributed by atoms with E-state index in [1.54, 1.807) is 17.8 Å². The number of aryl methyl sites for hydroxylation is 1. The molecule has 0 aliphatic rings. The van der Waals surface area contributed by atoms with Crippen LogP contribution in [0.1, 0.15) is 18.7 Å². The lowest BCUT2D eigenvalue weighted by atomic mass is 10.2. The number of amides is 1. The summed E-state index contributed by atoms with van der Waals surface area (Å²) in [5.74, 6) is -0.747. The van der Waals surface area contributed by atoms with Gasteiger partial charge in [0.2, 0.25) is 5.91 Å². The molecule has 1 amide bonds. The first-order valence-electron chi connectivity index (χ1n) is 5.85. The SMILES string of the molecule is Cc1ccn(C(C)C(=O)Nc2ccc(F)c(N)c2)n1. The predicted octanol–water partition coefficient (Wildman–Crippen LogP) is 2.11. The number of benzene rings is 1. The van der Waals surface area contributed by atoms with Gasteiger partial charge in [-0.25, -0.2) is 4.39 Å². The van der Waals surface area contributed by atoms with E-state index in [1.165, 1.54) is 18.2 Å². The molecular formula is C13H15FN4O. The summed E-state index contributed by atoms with van der Waals surface area (Å²) in [6, 6.07) is 5.42. The van der Waals surface area contributed by atoms with E-state index >= 15 is 0 Å². The average Bonchev–Trinajstić information content (AvgIpc) is 2.79. The maximum atomic E-state index is 13.0. The first kappa shape index (κ1) is 13.1. The zero-order valence-corrected chi connectivity index (χ0v) is 10.7. The van der Waals surface area contributed by atoms with Crippen molar-refractivity contribution in [2.75, 3.05) is 11.1 Å². The van der Waals surface area contributed by atoms with Gasteiger partial charge in [0.05, 0.1) is 11.4 Å². The van der Waals surface area contributed by atoms with Crippen LogP contribution in [0.2, 0.25) is 0 Å². The molecular weight excluding hydrogens is 247 g/mol. The normalized spacial score (nSPS) is 12.2. The van der Waals surface area contributed by atoms with E-state index in [0.29, 0.717) is 5.69 Å². The molecule has 0 spiro atoms. The Balaban J connectivity index is 2.10. The van der Waals surface area contributed by atoms with E-state index in [0.717, 1.165) is 5.69 Å². The van der Waals surface area contributed by atoms with Gasteiger partial charge in [-0.2, -0.15) is 5.10 Å². The second-order valence-electron chi connectivity index (χ2n) is 4.34. The van der Waals surface area contributed by atoms with E-state index in [2.05, 4.69) is 10.4 Å². The maximum Gasteiger partial charge on any atom is 0.248 e. The molecule has 1 aromatic carbocycles. The number of nitrogens with one attached hydrogen (secondary N) is 1. The molecule has 5 nitrogen and oxygen atoms in total. The number of nitrogens with zero attached hydrogens (tertiary/aromatic N) is 2. The van der Waals surface area contributed by atoms with Gasteiger partial charge < -0.3 is 11.1 Å². The highest BCUT2D eigenvalue weighted by atomic mass is 19.1. The summed E-state index contributed by atoms with van der Waals surface area (Å²) < 4.78 is 14.6. The Morgan fingerprint density at radius 2 is 2.21 bits per heavy atom. The van der Waals surface area contributed by atoms with Crippen molar-refractivity contribution in [3.8, 4) is 0 Å². The van der Waals surface area contributed by atoms with Crippen LogP contribution in [0, 0.1) is 12.7 Å². The van der Waals surface area contributed by atoms with E-state index < -0.39 is 11.9 Å². The lowest BCUT2D eigenvalue weighted by Crippen LogP contribution is -2.24. The summed E-state index contributed by atoms with van der Waals surface area (Å²) in [5, 5.41) is 6.85. The number of nitrogen functional groups attached to an aromatic ring is 1. The molecule has 6 heteroatoms. The second-order valence-corrected chi connectivity index (χ2v) is 4.34. The van der Waals surface area contributed by atoms with Crippen molar-refractivity contribution in [2.24, 2.45) is 0 Å². The fourth-order valence-corrected chi connectivity index (χ4v) is 1.64. The Kier molecular flexibility index (Phi) is 3.50. The Morgan fingerprint density at radius 3 is 2.79 bits per heavy atom. The van der Waals surface area contributed by atoms with Crippen LogP contribution >= 0.6 is 0 Å². The summed E-state index contributed by atoms with van der Waals surface area (Å²) >= 11 is 0. The number of hydrogen-bond acceptors (Lipinski definition) is 3. The van der Waals surface area contributed by atoms with Gasteiger partial charge >= 0.3 is 0 Å². The minimum absolute atomic E-state index is 0.000358. The Labute approximate surface area is 110 Å². The second kappa shape index (κ2) is 5.09. The summed E-state index contributed by atoms with van der Waals surface area (Å²) in [4.78, 5) is 12.0. The number of halogens is 1. The van der Waals surface area contributed by atoms with Crippen LogP contribution < -0.4 is 11.1 Å². The molecule has 1 heterocycles. The molecule has 0 aliphatic carbocycles. The molecule has 19 heavy (non-hydrogen) atoms. The van der Waals surface area contributed by atoms with Gasteiger partial charge in [-0.05, 0) is 38.1 Å². The fraction of sp³-hybridized carbons (Fsp3) is 0.231. The van der Waals surface area contributed by atoms with Crippen LogP contribution in [0.5, 0.6) is 0 Å². The molecule has 0 bridgehead atoms. The van der Waals surface area contributed by atoms with Crippen LogP contribution in [0.3, 0.4) is 0 Å². The first-order valence-corrected chi connectivity index (χ1v) is 5.85. The highest BCUT2D eigenvalue weighted by Crippen LogP contribution is 2.17. The summed E-state index contributed by atoms with van der Waals surface area (Å²) in [6.45, 7) is 3.58. The zero-order valence-electron chi connectivity index (χ0n) is 10.7. The predicted molar refractivity (Wildman–Crippen MR) is 71.1 cm³/mol. The quantitative estimate of drug-likeness (QED) is 0.832. The van der Waals surface area contributed by atoms with Gasteiger partial charge in [0.1, 0.15) is 11.9 Å². The lowest BCUT2D eigenvalue weighted by Gasteiger charge is -2.13. The monoisotopic (exact) mass is 262 g/mol. The minimum atomic E-state index is -0.506. The molecule has 2 aromatic rings. The molecule has 0 aliphatic heterocycles. The molecule has 1 unspecified atom stereocenters. The minimum Gasteiger partial charge on any atom is -0.396 e. The van der Waals surface area contributed by atoms with Crippen molar-refractivity contribution in [3.05, 3.63) is 42.0 Å². The third-order valence-electron chi connectivity index (χ3n) is 2.78. The third kappa shape index (κ3) is 2.90. The van der Waals surface area contributed by atoms with Crippen molar-refractivity contribution >= 4 is 17.3 Å². The molecule has 100 valence electrons. The van der Waals surface area contributed by atoms with Crippen LogP contribution in [0.4, 0.5) is 15.8 Å². The van der Waals surface area contributed by atoms with E-state index in [9.17, 15) is 9.18 Å². The molecule has 2 rings (SSSR count). The van der Waals surface area contributed by atoms with Gasteiger partial charge in [0.15, 0.2) is 0 Å². The first-order chi connectivity index (χ1) is 8.97. The Morgan fingerprint density at radius 1 is 1.47 bits per heavy atom. The largest absolute Gasteiger partial charge is 0.396 e. The van der Waals surface area contributed by atoms with Crippen molar-refractivity contribution < 1.29 is 9.18 Å². The average molecular weight is 262 g/mol. The highest BCUT2D eigenvalue weighted by Gasteiger charge is 2.16. The van der Waals surface area contributed by atoms with Crippen LogP contribution in [-0.2, 0) is 4.79 Å². The topological polar surface area (TPSA) is 72.9 Å². The van der Waals surface area contributed by atoms with Crippen molar-refractivity contribution in [1.29, 1.82) is 0 Å². The van der Waals surface area contributed by atoms with Gasteiger partial charge in [-0.3, -0.25) is 9.48 Å². The smallest absolute Gasteiger partial charge is 0.248 e. The standard InChI is InChI=1S/C13H15FN4O/c1-8-5-6-18(17-8)9(2)13(19)16-10-3-4-11(14)12(15)7-10/h3-7,9H,15H2,1-2H3,(H,16,19).